The largest absolute Gasteiger partial charge is 0.444 e. The van der Waals surface area contributed by atoms with Gasteiger partial charge in [-0.2, -0.15) is 0 Å². The number of hydrogen-bond donors (Lipinski definition) is 2. The molecule has 2 N–H and O–H groups in total. The fourth-order valence-electron chi connectivity index (χ4n) is 2.42. The van der Waals surface area contributed by atoms with E-state index >= 15 is 0 Å². The minimum Gasteiger partial charge on any atom is -0.444 e. The Morgan fingerprint density at radius 1 is 1.33 bits per heavy atom. The summed E-state index contributed by atoms with van der Waals surface area (Å²) in [7, 11) is 0. The van der Waals surface area contributed by atoms with Gasteiger partial charge in [0, 0.05) is 24.5 Å². The van der Waals surface area contributed by atoms with Crippen molar-refractivity contribution in [2.45, 2.75) is 57.7 Å². The molecule has 1 saturated carbocycles. The molecule has 1 aromatic rings. The molecule has 3 atom stereocenters. The molecule has 1 aliphatic carbocycles. The topological polar surface area (TPSA) is 50.4 Å². The van der Waals surface area contributed by atoms with Crippen molar-refractivity contribution in [3.8, 4) is 0 Å². The predicted molar refractivity (Wildman–Crippen MR) is 84.4 cm³/mol. The van der Waals surface area contributed by atoms with Crippen LogP contribution < -0.4 is 10.6 Å². The highest BCUT2D eigenvalue weighted by atomic mass is 16.6. The zero-order valence-electron chi connectivity index (χ0n) is 13.3. The van der Waals surface area contributed by atoms with Crippen LogP contribution in [0.15, 0.2) is 30.3 Å². The van der Waals surface area contributed by atoms with Crippen molar-refractivity contribution in [3.63, 3.8) is 0 Å². The second kappa shape index (κ2) is 6.48. The first-order valence-corrected chi connectivity index (χ1v) is 7.63. The van der Waals surface area contributed by atoms with Gasteiger partial charge in [-0.3, -0.25) is 0 Å². The summed E-state index contributed by atoms with van der Waals surface area (Å²) in [5, 5.41) is 6.35. The van der Waals surface area contributed by atoms with Crippen LogP contribution in [0.3, 0.4) is 0 Å². The number of ether oxygens (including phenoxy) is 1. The molecule has 1 amide bonds. The molecule has 4 heteroatoms. The first-order valence-electron chi connectivity index (χ1n) is 7.63. The van der Waals surface area contributed by atoms with Gasteiger partial charge in [-0.25, -0.2) is 4.79 Å². The molecule has 21 heavy (non-hydrogen) atoms. The van der Waals surface area contributed by atoms with Gasteiger partial charge in [0.25, 0.3) is 0 Å². The molecule has 1 aliphatic rings. The molecule has 0 spiro atoms. The molecule has 0 bridgehead atoms. The first kappa shape index (κ1) is 15.8. The number of rotatable bonds is 5. The Kier molecular flexibility index (Phi) is 4.88. The van der Waals surface area contributed by atoms with Crippen molar-refractivity contribution in [2.24, 2.45) is 0 Å². The van der Waals surface area contributed by atoms with E-state index < -0.39 is 5.60 Å². The van der Waals surface area contributed by atoms with Gasteiger partial charge in [-0.1, -0.05) is 30.3 Å². The fraction of sp³-hybridized carbons (Fsp3) is 0.588. The van der Waals surface area contributed by atoms with Crippen molar-refractivity contribution >= 4 is 6.09 Å². The van der Waals surface area contributed by atoms with Crippen LogP contribution in [0, 0.1) is 0 Å². The van der Waals surface area contributed by atoms with Gasteiger partial charge in [0.15, 0.2) is 0 Å². The number of hydrogen-bond acceptors (Lipinski definition) is 3. The average molecular weight is 290 g/mol. The molecule has 4 nitrogen and oxygen atoms in total. The maximum atomic E-state index is 11.6. The SMILES string of the molecule is CC(CNC(=O)OC(C)(C)C)NC1CC1c1ccccc1. The summed E-state index contributed by atoms with van der Waals surface area (Å²) in [5.74, 6) is 0.607. The summed E-state index contributed by atoms with van der Waals surface area (Å²) in [6.45, 7) is 8.25. The average Bonchev–Trinajstić information content (AvgIpc) is 3.15. The van der Waals surface area contributed by atoms with Gasteiger partial charge in [0.1, 0.15) is 5.60 Å². The number of carbonyl (C=O) groups excluding carboxylic acids is 1. The monoisotopic (exact) mass is 290 g/mol. The van der Waals surface area contributed by atoms with E-state index in [2.05, 4.69) is 41.8 Å². The summed E-state index contributed by atoms with van der Waals surface area (Å²) in [6.07, 6.45) is 0.812. The Labute approximate surface area is 127 Å². The van der Waals surface area contributed by atoms with Crippen LogP contribution in [0.4, 0.5) is 4.79 Å². The maximum absolute atomic E-state index is 11.6. The third-order valence-corrected chi connectivity index (χ3v) is 3.47. The molecule has 3 unspecified atom stereocenters. The van der Waals surface area contributed by atoms with Crippen molar-refractivity contribution in [1.29, 1.82) is 0 Å². The number of nitrogens with one attached hydrogen (secondary N) is 2. The highest BCUT2D eigenvalue weighted by molar-refractivity contribution is 5.67. The van der Waals surface area contributed by atoms with Crippen LogP contribution in [-0.2, 0) is 4.74 Å². The smallest absolute Gasteiger partial charge is 0.407 e. The summed E-state index contributed by atoms with van der Waals surface area (Å²) >= 11 is 0. The lowest BCUT2D eigenvalue weighted by Crippen LogP contribution is -2.42. The fourth-order valence-corrected chi connectivity index (χ4v) is 2.42. The first-order chi connectivity index (χ1) is 9.85. The second-order valence-electron chi connectivity index (χ2n) is 6.81. The van der Waals surface area contributed by atoms with Gasteiger partial charge in [0.05, 0.1) is 0 Å². The minimum absolute atomic E-state index is 0.233. The van der Waals surface area contributed by atoms with E-state index in [1.165, 1.54) is 12.0 Å². The lowest BCUT2D eigenvalue weighted by molar-refractivity contribution is 0.0523. The molecule has 0 aliphatic heterocycles. The summed E-state index contributed by atoms with van der Waals surface area (Å²) in [6, 6.07) is 11.3. The van der Waals surface area contributed by atoms with E-state index in [4.69, 9.17) is 4.74 Å². The zero-order chi connectivity index (χ0) is 15.5. The molecular weight excluding hydrogens is 264 g/mol. The van der Waals surface area contributed by atoms with Crippen LogP contribution in [0.25, 0.3) is 0 Å². The Morgan fingerprint density at radius 3 is 2.62 bits per heavy atom. The summed E-state index contributed by atoms with van der Waals surface area (Å²) in [4.78, 5) is 11.6. The molecule has 0 heterocycles. The second-order valence-corrected chi connectivity index (χ2v) is 6.81. The van der Waals surface area contributed by atoms with Gasteiger partial charge in [-0.05, 0) is 39.7 Å². The number of benzene rings is 1. The van der Waals surface area contributed by atoms with Crippen LogP contribution in [0.2, 0.25) is 0 Å². The number of amides is 1. The highest BCUT2D eigenvalue weighted by Gasteiger charge is 2.38. The Balaban J connectivity index is 1.67. The third kappa shape index (κ3) is 5.38. The zero-order valence-corrected chi connectivity index (χ0v) is 13.3. The van der Waals surface area contributed by atoms with Gasteiger partial charge in [0.2, 0.25) is 0 Å². The molecule has 0 aromatic heterocycles. The molecule has 2 rings (SSSR count). The predicted octanol–water partition coefficient (Wildman–Crippen LogP) is 3.05. The van der Waals surface area contributed by atoms with Crippen molar-refractivity contribution in [3.05, 3.63) is 35.9 Å². The normalized spacial score (nSPS) is 22.5. The van der Waals surface area contributed by atoms with Crippen LogP contribution >= 0.6 is 0 Å². The van der Waals surface area contributed by atoms with Crippen molar-refractivity contribution in [2.75, 3.05) is 6.54 Å². The van der Waals surface area contributed by atoms with Crippen molar-refractivity contribution < 1.29 is 9.53 Å². The highest BCUT2D eigenvalue weighted by Crippen LogP contribution is 2.40. The van der Waals surface area contributed by atoms with Gasteiger partial charge >= 0.3 is 6.09 Å². The molecule has 116 valence electrons. The third-order valence-electron chi connectivity index (χ3n) is 3.47. The number of carbonyl (C=O) groups is 1. The van der Waals surface area contributed by atoms with E-state index in [1.54, 1.807) is 0 Å². The van der Waals surface area contributed by atoms with E-state index in [0.29, 0.717) is 18.5 Å². The van der Waals surface area contributed by atoms with E-state index in [9.17, 15) is 4.79 Å². The van der Waals surface area contributed by atoms with Gasteiger partial charge < -0.3 is 15.4 Å². The Morgan fingerprint density at radius 2 is 2.00 bits per heavy atom. The number of alkyl carbamates (subject to hydrolysis) is 1. The minimum atomic E-state index is -0.449. The maximum Gasteiger partial charge on any atom is 0.407 e. The van der Waals surface area contributed by atoms with E-state index in [1.807, 2.05) is 26.8 Å². The van der Waals surface area contributed by atoms with E-state index in [0.717, 1.165) is 0 Å². The van der Waals surface area contributed by atoms with Crippen LogP contribution in [0.5, 0.6) is 0 Å². The lowest BCUT2D eigenvalue weighted by Gasteiger charge is -2.21. The molecule has 1 fully saturated rings. The Bertz CT molecular complexity index is 467. The van der Waals surface area contributed by atoms with Crippen molar-refractivity contribution in [1.82, 2.24) is 10.6 Å². The standard InChI is InChI=1S/C17H26N2O2/c1-12(11-18-16(20)21-17(2,3)4)19-15-10-14(15)13-8-6-5-7-9-13/h5-9,12,14-15,19H,10-11H2,1-4H3,(H,18,20). The summed E-state index contributed by atoms with van der Waals surface area (Å²) in [5.41, 5.74) is 0.942. The molecular formula is C17H26N2O2. The molecule has 0 radical (unpaired) electrons. The van der Waals surface area contributed by atoms with Crippen LogP contribution in [-0.4, -0.2) is 30.3 Å². The lowest BCUT2D eigenvalue weighted by atomic mass is 10.1. The quantitative estimate of drug-likeness (QED) is 0.876. The Hall–Kier alpha value is -1.55. The molecule has 0 saturated heterocycles. The molecule has 1 aromatic carbocycles. The van der Waals surface area contributed by atoms with E-state index in [-0.39, 0.29) is 12.1 Å². The van der Waals surface area contributed by atoms with Gasteiger partial charge in [-0.15, -0.1) is 0 Å². The van der Waals surface area contributed by atoms with Crippen LogP contribution in [0.1, 0.15) is 45.6 Å². The summed E-state index contributed by atoms with van der Waals surface area (Å²) < 4.78 is 5.22.